The molecule has 3 N–H and O–H groups in total. The monoisotopic (exact) mass is 268 g/mol. The predicted octanol–water partition coefficient (Wildman–Crippen LogP) is 1.57. The van der Waals surface area contributed by atoms with Gasteiger partial charge < -0.3 is 20.5 Å². The van der Waals surface area contributed by atoms with Crippen molar-refractivity contribution in [2.75, 3.05) is 44.5 Å². The Hall–Kier alpha value is -1.40. The summed E-state index contributed by atoms with van der Waals surface area (Å²) in [7, 11) is 1.65. The van der Waals surface area contributed by atoms with E-state index in [4.69, 9.17) is 15.2 Å². The molecule has 0 spiro atoms. The normalized spacial score (nSPS) is 11.0. The molecule has 0 bridgehead atoms. The SMILES string of the molecule is COCCOCCNc1nc(C(C)C)nc(N)c1C. The molecule has 0 aromatic carbocycles. The zero-order valence-corrected chi connectivity index (χ0v) is 12.2. The van der Waals surface area contributed by atoms with Gasteiger partial charge in [-0.05, 0) is 6.92 Å². The Bertz CT molecular complexity index is 396. The van der Waals surface area contributed by atoms with E-state index in [0.717, 1.165) is 17.2 Å². The Labute approximate surface area is 114 Å². The van der Waals surface area contributed by atoms with Crippen LogP contribution in [0.5, 0.6) is 0 Å². The fraction of sp³-hybridized carbons (Fsp3) is 0.692. The zero-order valence-electron chi connectivity index (χ0n) is 12.2. The Kier molecular flexibility index (Phi) is 6.52. The van der Waals surface area contributed by atoms with Crippen molar-refractivity contribution in [2.45, 2.75) is 26.7 Å². The van der Waals surface area contributed by atoms with Crippen LogP contribution in [0.15, 0.2) is 0 Å². The lowest BCUT2D eigenvalue weighted by atomic mass is 10.2. The summed E-state index contributed by atoms with van der Waals surface area (Å²) in [5.41, 5.74) is 6.77. The van der Waals surface area contributed by atoms with E-state index >= 15 is 0 Å². The smallest absolute Gasteiger partial charge is 0.135 e. The maximum Gasteiger partial charge on any atom is 0.135 e. The standard InChI is InChI=1S/C13H24N4O2/c1-9(2)12-16-11(14)10(3)13(17-12)15-5-6-19-8-7-18-4/h9H,5-8H2,1-4H3,(H3,14,15,16,17). The second-order valence-corrected chi connectivity index (χ2v) is 4.63. The van der Waals surface area contributed by atoms with Crippen molar-refractivity contribution < 1.29 is 9.47 Å². The molecule has 0 unspecified atom stereocenters. The minimum atomic E-state index is 0.251. The number of nitrogens with zero attached hydrogens (tertiary/aromatic N) is 2. The molecular weight excluding hydrogens is 244 g/mol. The van der Waals surface area contributed by atoms with Gasteiger partial charge in [0.2, 0.25) is 0 Å². The zero-order chi connectivity index (χ0) is 14.3. The fourth-order valence-electron chi connectivity index (χ4n) is 1.47. The average Bonchev–Trinajstić information content (AvgIpc) is 2.37. The van der Waals surface area contributed by atoms with Gasteiger partial charge in [-0.2, -0.15) is 0 Å². The number of hydrogen-bond donors (Lipinski definition) is 2. The van der Waals surface area contributed by atoms with Gasteiger partial charge in [-0.3, -0.25) is 0 Å². The van der Waals surface area contributed by atoms with Crippen molar-refractivity contribution in [3.63, 3.8) is 0 Å². The maximum absolute atomic E-state index is 5.89. The van der Waals surface area contributed by atoms with Crippen molar-refractivity contribution in [2.24, 2.45) is 0 Å². The van der Waals surface area contributed by atoms with Crippen LogP contribution in [0.25, 0.3) is 0 Å². The Morgan fingerprint density at radius 2 is 1.95 bits per heavy atom. The highest BCUT2D eigenvalue weighted by molar-refractivity contribution is 5.54. The van der Waals surface area contributed by atoms with E-state index in [2.05, 4.69) is 15.3 Å². The number of nitrogen functional groups attached to an aromatic ring is 1. The van der Waals surface area contributed by atoms with Gasteiger partial charge in [0.25, 0.3) is 0 Å². The lowest BCUT2D eigenvalue weighted by molar-refractivity contribution is 0.0759. The highest BCUT2D eigenvalue weighted by Gasteiger charge is 2.10. The van der Waals surface area contributed by atoms with Gasteiger partial charge in [-0.25, -0.2) is 9.97 Å². The summed E-state index contributed by atoms with van der Waals surface area (Å²) in [6.45, 7) is 8.48. The van der Waals surface area contributed by atoms with Crippen molar-refractivity contribution in [1.82, 2.24) is 9.97 Å². The molecular formula is C13H24N4O2. The minimum absolute atomic E-state index is 0.251. The van der Waals surface area contributed by atoms with Crippen molar-refractivity contribution in [3.05, 3.63) is 11.4 Å². The molecule has 0 atom stereocenters. The van der Waals surface area contributed by atoms with Crippen molar-refractivity contribution in [1.29, 1.82) is 0 Å². The molecule has 0 aliphatic heterocycles. The molecule has 6 heteroatoms. The van der Waals surface area contributed by atoms with Gasteiger partial charge in [0.1, 0.15) is 17.5 Å². The molecule has 108 valence electrons. The average molecular weight is 268 g/mol. The number of nitrogens with one attached hydrogen (secondary N) is 1. The first-order valence-corrected chi connectivity index (χ1v) is 6.50. The summed E-state index contributed by atoms with van der Waals surface area (Å²) in [6, 6.07) is 0. The summed E-state index contributed by atoms with van der Waals surface area (Å²) >= 11 is 0. The second kappa shape index (κ2) is 7.91. The van der Waals surface area contributed by atoms with Gasteiger partial charge in [0.15, 0.2) is 0 Å². The fourth-order valence-corrected chi connectivity index (χ4v) is 1.47. The molecule has 0 aliphatic carbocycles. The second-order valence-electron chi connectivity index (χ2n) is 4.63. The summed E-state index contributed by atoms with van der Waals surface area (Å²) in [6.07, 6.45) is 0. The Morgan fingerprint density at radius 1 is 1.21 bits per heavy atom. The van der Waals surface area contributed by atoms with E-state index in [1.807, 2.05) is 20.8 Å². The third kappa shape index (κ3) is 5.00. The number of anilines is 2. The number of rotatable bonds is 8. The van der Waals surface area contributed by atoms with Crippen LogP contribution in [0.2, 0.25) is 0 Å². The first kappa shape index (κ1) is 15.7. The highest BCUT2D eigenvalue weighted by Crippen LogP contribution is 2.20. The molecule has 0 saturated carbocycles. The van der Waals surface area contributed by atoms with E-state index in [0.29, 0.717) is 32.2 Å². The summed E-state index contributed by atoms with van der Waals surface area (Å²) < 4.78 is 10.3. The Balaban J connectivity index is 2.52. The van der Waals surface area contributed by atoms with Crippen LogP contribution in [-0.2, 0) is 9.47 Å². The first-order chi connectivity index (χ1) is 9.06. The molecule has 0 aliphatic rings. The first-order valence-electron chi connectivity index (χ1n) is 6.50. The van der Waals surface area contributed by atoms with E-state index in [9.17, 15) is 0 Å². The van der Waals surface area contributed by atoms with Crippen LogP contribution >= 0.6 is 0 Å². The third-order valence-corrected chi connectivity index (χ3v) is 2.69. The van der Waals surface area contributed by atoms with Gasteiger partial charge >= 0.3 is 0 Å². The predicted molar refractivity (Wildman–Crippen MR) is 76.5 cm³/mol. The number of methoxy groups -OCH3 is 1. The largest absolute Gasteiger partial charge is 0.383 e. The maximum atomic E-state index is 5.89. The topological polar surface area (TPSA) is 82.3 Å². The van der Waals surface area contributed by atoms with Gasteiger partial charge in [-0.1, -0.05) is 13.8 Å². The molecule has 1 heterocycles. The van der Waals surface area contributed by atoms with Crippen LogP contribution in [0, 0.1) is 6.92 Å². The summed E-state index contributed by atoms with van der Waals surface area (Å²) in [5, 5.41) is 3.23. The molecule has 0 saturated heterocycles. The minimum Gasteiger partial charge on any atom is -0.383 e. The quantitative estimate of drug-likeness (QED) is 0.696. The lowest BCUT2D eigenvalue weighted by Crippen LogP contribution is -2.15. The molecule has 0 radical (unpaired) electrons. The van der Waals surface area contributed by atoms with E-state index in [-0.39, 0.29) is 5.92 Å². The molecule has 0 fully saturated rings. The number of nitrogens with two attached hydrogens (primary N) is 1. The van der Waals surface area contributed by atoms with Crippen molar-refractivity contribution in [3.8, 4) is 0 Å². The molecule has 19 heavy (non-hydrogen) atoms. The number of ether oxygens (including phenoxy) is 2. The van der Waals surface area contributed by atoms with Crippen LogP contribution in [0.1, 0.15) is 31.2 Å². The van der Waals surface area contributed by atoms with Crippen molar-refractivity contribution >= 4 is 11.6 Å². The van der Waals surface area contributed by atoms with Crippen LogP contribution in [-0.4, -0.2) is 43.4 Å². The third-order valence-electron chi connectivity index (χ3n) is 2.69. The van der Waals surface area contributed by atoms with Gasteiger partial charge in [0.05, 0.1) is 19.8 Å². The number of hydrogen-bond acceptors (Lipinski definition) is 6. The van der Waals surface area contributed by atoms with Gasteiger partial charge in [-0.15, -0.1) is 0 Å². The highest BCUT2D eigenvalue weighted by atomic mass is 16.5. The van der Waals surface area contributed by atoms with Gasteiger partial charge in [0, 0.05) is 25.1 Å². The van der Waals surface area contributed by atoms with E-state index in [1.54, 1.807) is 7.11 Å². The number of aromatic nitrogens is 2. The molecule has 0 amide bonds. The molecule has 1 aromatic rings. The van der Waals surface area contributed by atoms with Crippen LogP contribution in [0.3, 0.4) is 0 Å². The van der Waals surface area contributed by atoms with E-state index < -0.39 is 0 Å². The van der Waals surface area contributed by atoms with Crippen LogP contribution < -0.4 is 11.1 Å². The van der Waals surface area contributed by atoms with E-state index in [1.165, 1.54) is 0 Å². The lowest BCUT2D eigenvalue weighted by Gasteiger charge is -2.13. The molecule has 6 nitrogen and oxygen atoms in total. The summed E-state index contributed by atoms with van der Waals surface area (Å²) in [5.74, 6) is 2.32. The summed E-state index contributed by atoms with van der Waals surface area (Å²) in [4.78, 5) is 8.76. The Morgan fingerprint density at radius 3 is 2.58 bits per heavy atom. The van der Waals surface area contributed by atoms with Crippen LogP contribution in [0.4, 0.5) is 11.6 Å². The molecule has 1 rings (SSSR count). The molecule has 1 aromatic heterocycles.